The van der Waals surface area contributed by atoms with Crippen molar-refractivity contribution < 1.29 is 19.0 Å². The molecule has 1 aliphatic carbocycles. The lowest BCUT2D eigenvalue weighted by atomic mass is 10.0. The Kier molecular flexibility index (Phi) is 6.01. The average molecular weight is 440 g/mol. The zero-order valence-corrected chi connectivity index (χ0v) is 19.8. The van der Waals surface area contributed by atoms with Gasteiger partial charge < -0.3 is 19.1 Å². The van der Waals surface area contributed by atoms with Crippen LogP contribution in [0.5, 0.6) is 17.4 Å². The number of aromatic nitrogens is 2. The summed E-state index contributed by atoms with van der Waals surface area (Å²) in [5, 5.41) is 0. The Labute approximate surface area is 190 Å². The lowest BCUT2D eigenvalue weighted by Gasteiger charge is -2.33. The second-order valence-corrected chi connectivity index (χ2v) is 9.76. The molecule has 0 aromatic carbocycles. The number of ether oxygens (including phenoxy) is 3. The van der Waals surface area contributed by atoms with Crippen molar-refractivity contribution in [1.82, 2.24) is 14.9 Å². The molecule has 2 fully saturated rings. The van der Waals surface area contributed by atoms with Crippen molar-refractivity contribution in [2.75, 3.05) is 6.54 Å². The highest BCUT2D eigenvalue weighted by atomic mass is 16.6. The van der Waals surface area contributed by atoms with Crippen molar-refractivity contribution in [1.29, 1.82) is 0 Å². The van der Waals surface area contributed by atoms with Crippen LogP contribution in [0.15, 0.2) is 24.5 Å². The SMILES string of the molecule is CCc1cnc(Oc2cccnc2C)c(C)c1O[C@H]1CC2CC1CN2C(=O)OC(C)(C)C. The van der Waals surface area contributed by atoms with E-state index in [0.29, 0.717) is 24.1 Å². The first kappa shape index (κ1) is 22.4. The van der Waals surface area contributed by atoms with Crippen molar-refractivity contribution in [3.05, 3.63) is 41.3 Å². The summed E-state index contributed by atoms with van der Waals surface area (Å²) in [5.41, 5.74) is 2.28. The molecular weight excluding hydrogens is 406 g/mol. The molecule has 1 saturated carbocycles. The number of piperidine rings is 1. The van der Waals surface area contributed by atoms with Gasteiger partial charge in [0, 0.05) is 42.9 Å². The van der Waals surface area contributed by atoms with E-state index in [9.17, 15) is 4.79 Å². The van der Waals surface area contributed by atoms with Gasteiger partial charge in [0.05, 0.1) is 11.3 Å². The smallest absolute Gasteiger partial charge is 0.410 e. The standard InChI is InChI=1S/C25H33N3O4/c1-7-17-13-27-23(31-20-9-8-10-26-16(20)3)15(2)22(17)30-21-12-19-11-18(21)14-28(19)24(29)32-25(4,5)6/h8-10,13,18-19,21H,7,11-12,14H2,1-6H3/t18?,19?,21-/m0/s1. The van der Waals surface area contributed by atoms with Crippen molar-refractivity contribution in [3.63, 3.8) is 0 Å². The molecule has 1 aliphatic heterocycles. The zero-order valence-electron chi connectivity index (χ0n) is 19.8. The van der Waals surface area contributed by atoms with E-state index in [1.54, 1.807) is 6.20 Å². The van der Waals surface area contributed by atoms with E-state index in [1.165, 1.54) is 0 Å². The summed E-state index contributed by atoms with van der Waals surface area (Å²) in [7, 11) is 0. The normalized spacial score (nSPS) is 22.2. The maximum atomic E-state index is 12.5. The maximum absolute atomic E-state index is 12.5. The lowest BCUT2D eigenvalue weighted by molar-refractivity contribution is 0.0104. The molecule has 0 spiro atoms. The van der Waals surface area contributed by atoms with E-state index >= 15 is 0 Å². The van der Waals surface area contributed by atoms with Gasteiger partial charge in [-0.2, -0.15) is 0 Å². The van der Waals surface area contributed by atoms with Gasteiger partial charge in [-0.1, -0.05) is 6.92 Å². The Morgan fingerprint density at radius 1 is 1.22 bits per heavy atom. The molecule has 0 N–H and O–H groups in total. The maximum Gasteiger partial charge on any atom is 0.410 e. The predicted octanol–water partition coefficient (Wildman–Crippen LogP) is 5.22. The summed E-state index contributed by atoms with van der Waals surface area (Å²) in [5.74, 6) is 2.37. The molecule has 4 rings (SSSR count). The van der Waals surface area contributed by atoms with Gasteiger partial charge in [0.2, 0.25) is 5.88 Å². The van der Waals surface area contributed by atoms with E-state index in [-0.39, 0.29) is 18.2 Å². The highest BCUT2D eigenvalue weighted by Crippen LogP contribution is 2.42. The van der Waals surface area contributed by atoms with Crippen LogP contribution in [0.1, 0.15) is 57.4 Å². The number of likely N-dealkylation sites (tertiary alicyclic amines) is 1. The molecule has 2 aromatic rings. The molecule has 2 aromatic heterocycles. The first-order valence-corrected chi connectivity index (χ1v) is 11.4. The van der Waals surface area contributed by atoms with E-state index < -0.39 is 5.60 Å². The van der Waals surface area contributed by atoms with Crippen LogP contribution in [0.4, 0.5) is 4.79 Å². The summed E-state index contributed by atoms with van der Waals surface area (Å²) in [6, 6.07) is 3.90. The minimum atomic E-state index is -0.484. The quantitative estimate of drug-likeness (QED) is 0.635. The molecule has 1 amide bonds. The van der Waals surface area contributed by atoms with Crippen LogP contribution in [0.25, 0.3) is 0 Å². The molecule has 3 heterocycles. The topological polar surface area (TPSA) is 73.8 Å². The van der Waals surface area contributed by atoms with Gasteiger partial charge in [-0.15, -0.1) is 0 Å². The van der Waals surface area contributed by atoms with Crippen LogP contribution in [0.3, 0.4) is 0 Å². The molecule has 7 nitrogen and oxygen atoms in total. The molecule has 3 atom stereocenters. The Morgan fingerprint density at radius 2 is 2.00 bits per heavy atom. The molecule has 1 saturated heterocycles. The molecule has 172 valence electrons. The first-order chi connectivity index (χ1) is 15.2. The third-order valence-corrected chi connectivity index (χ3v) is 6.21. The van der Waals surface area contributed by atoms with Crippen LogP contribution in [-0.2, 0) is 11.2 Å². The van der Waals surface area contributed by atoms with Crippen LogP contribution >= 0.6 is 0 Å². The summed E-state index contributed by atoms with van der Waals surface area (Å²) in [6.45, 7) is 12.4. The number of pyridine rings is 2. The van der Waals surface area contributed by atoms with E-state index in [4.69, 9.17) is 14.2 Å². The van der Waals surface area contributed by atoms with Gasteiger partial charge in [0.15, 0.2) is 5.75 Å². The summed E-state index contributed by atoms with van der Waals surface area (Å²) in [4.78, 5) is 23.2. The molecule has 2 unspecified atom stereocenters. The third kappa shape index (κ3) is 4.52. The summed E-state index contributed by atoms with van der Waals surface area (Å²) < 4.78 is 18.2. The van der Waals surface area contributed by atoms with Crippen molar-refractivity contribution >= 4 is 6.09 Å². The lowest BCUT2D eigenvalue weighted by Crippen LogP contribution is -2.45. The van der Waals surface area contributed by atoms with Crippen LogP contribution in [0.2, 0.25) is 0 Å². The van der Waals surface area contributed by atoms with Crippen LogP contribution in [0, 0.1) is 19.8 Å². The van der Waals surface area contributed by atoms with E-state index in [2.05, 4.69) is 16.9 Å². The number of hydrogen-bond acceptors (Lipinski definition) is 6. The van der Waals surface area contributed by atoms with Gasteiger partial charge >= 0.3 is 6.09 Å². The second kappa shape index (κ2) is 8.60. The molecule has 0 radical (unpaired) electrons. The third-order valence-electron chi connectivity index (χ3n) is 6.21. The summed E-state index contributed by atoms with van der Waals surface area (Å²) in [6.07, 6.45) is 6.01. The Morgan fingerprint density at radius 3 is 2.62 bits per heavy atom. The minimum absolute atomic E-state index is 0.0677. The zero-order chi connectivity index (χ0) is 23.0. The Balaban J connectivity index is 1.49. The predicted molar refractivity (Wildman–Crippen MR) is 121 cm³/mol. The largest absolute Gasteiger partial charge is 0.489 e. The second-order valence-electron chi connectivity index (χ2n) is 9.76. The van der Waals surface area contributed by atoms with Crippen molar-refractivity contribution in [3.8, 4) is 17.4 Å². The van der Waals surface area contributed by atoms with Gasteiger partial charge in [-0.05, 0) is 59.6 Å². The molecule has 32 heavy (non-hydrogen) atoms. The fourth-order valence-corrected chi connectivity index (χ4v) is 4.58. The minimum Gasteiger partial charge on any atom is -0.489 e. The number of carbonyl (C=O) groups is 1. The number of nitrogens with zero attached hydrogens (tertiary/aromatic N) is 3. The van der Waals surface area contributed by atoms with Gasteiger partial charge in [-0.3, -0.25) is 4.98 Å². The molecular formula is C25H33N3O4. The van der Waals surface area contributed by atoms with Crippen molar-refractivity contribution in [2.24, 2.45) is 5.92 Å². The Hall–Kier alpha value is -2.83. The molecule has 7 heteroatoms. The highest BCUT2D eigenvalue weighted by Gasteiger charge is 2.49. The van der Waals surface area contributed by atoms with Crippen molar-refractivity contribution in [2.45, 2.75) is 78.6 Å². The first-order valence-electron chi connectivity index (χ1n) is 11.4. The van der Waals surface area contributed by atoms with Gasteiger partial charge in [0.1, 0.15) is 17.5 Å². The fourth-order valence-electron chi connectivity index (χ4n) is 4.58. The summed E-state index contributed by atoms with van der Waals surface area (Å²) >= 11 is 0. The van der Waals surface area contributed by atoms with Crippen LogP contribution in [-0.4, -0.2) is 45.3 Å². The van der Waals surface area contributed by atoms with Gasteiger partial charge in [0.25, 0.3) is 0 Å². The van der Waals surface area contributed by atoms with E-state index in [1.807, 2.05) is 57.8 Å². The Bertz CT molecular complexity index is 1000. The number of rotatable bonds is 5. The average Bonchev–Trinajstić information content (AvgIpc) is 3.32. The monoisotopic (exact) mass is 439 g/mol. The number of aryl methyl sites for hydroxylation is 2. The number of fused-ring (bicyclic) bond motifs is 2. The molecule has 2 aliphatic rings. The number of carbonyl (C=O) groups excluding carboxylic acids is 1. The fraction of sp³-hybridized carbons (Fsp3) is 0.560. The number of amides is 1. The highest BCUT2D eigenvalue weighted by molar-refractivity contribution is 5.69. The van der Waals surface area contributed by atoms with Gasteiger partial charge in [-0.25, -0.2) is 9.78 Å². The molecule has 2 bridgehead atoms. The number of hydrogen-bond donors (Lipinski definition) is 0. The van der Waals surface area contributed by atoms with E-state index in [0.717, 1.165) is 41.8 Å². The van der Waals surface area contributed by atoms with Crippen LogP contribution < -0.4 is 9.47 Å².